The normalized spacial score (nSPS) is 18.6. The molecule has 2 fully saturated rings. The highest BCUT2D eigenvalue weighted by Gasteiger charge is 2.32. The second-order valence-electron chi connectivity index (χ2n) is 7.53. The second kappa shape index (κ2) is 6.35. The van der Waals surface area contributed by atoms with Gasteiger partial charge in [0.25, 0.3) is 5.56 Å². The van der Waals surface area contributed by atoms with Crippen molar-refractivity contribution in [2.24, 2.45) is 5.92 Å². The van der Waals surface area contributed by atoms with Crippen molar-refractivity contribution < 1.29 is 14.6 Å². The summed E-state index contributed by atoms with van der Waals surface area (Å²) in [6.45, 7) is 2.65. The molecule has 146 valence electrons. The highest BCUT2D eigenvalue weighted by atomic mass is 19.1. The summed E-state index contributed by atoms with van der Waals surface area (Å²) in [5, 5.41) is 18.8. The van der Waals surface area contributed by atoms with E-state index in [1.807, 2.05) is 4.90 Å². The van der Waals surface area contributed by atoms with E-state index in [1.54, 1.807) is 6.92 Å². The Kier molecular flexibility index (Phi) is 4.23. The number of anilines is 1. The third-order valence-corrected chi connectivity index (χ3v) is 5.75. The minimum Gasteiger partial charge on any atom is -0.369 e. The zero-order chi connectivity index (χ0) is 19.5. The highest BCUT2D eigenvalue weighted by Crippen LogP contribution is 2.39. The molecular formula is C18H23FN4O4. The van der Waals surface area contributed by atoms with Crippen molar-refractivity contribution in [3.05, 3.63) is 38.3 Å². The van der Waals surface area contributed by atoms with Crippen LogP contribution in [0.2, 0.25) is 0 Å². The predicted octanol–water partition coefficient (Wildman–Crippen LogP) is 0.187. The van der Waals surface area contributed by atoms with E-state index in [0.29, 0.717) is 47.4 Å². The molecule has 1 saturated carbocycles. The first-order valence-electron chi connectivity index (χ1n) is 9.17. The van der Waals surface area contributed by atoms with Crippen LogP contribution in [-0.2, 0) is 0 Å². The molecule has 1 aromatic carbocycles. The van der Waals surface area contributed by atoms with Gasteiger partial charge in [0.05, 0.1) is 16.6 Å². The van der Waals surface area contributed by atoms with Gasteiger partial charge < -0.3 is 21.0 Å². The summed E-state index contributed by atoms with van der Waals surface area (Å²) in [6.07, 6.45) is 1.30. The molecule has 1 aliphatic carbocycles. The van der Waals surface area contributed by atoms with Crippen LogP contribution in [0.25, 0.3) is 10.9 Å². The Labute approximate surface area is 154 Å². The number of aliphatic hydroxyl groups is 2. The predicted molar refractivity (Wildman–Crippen MR) is 98.7 cm³/mol. The van der Waals surface area contributed by atoms with Crippen molar-refractivity contribution in [1.29, 1.82) is 0 Å². The summed E-state index contributed by atoms with van der Waals surface area (Å²) >= 11 is 0. The lowest BCUT2D eigenvalue weighted by Gasteiger charge is -2.35. The third-order valence-electron chi connectivity index (χ3n) is 5.75. The van der Waals surface area contributed by atoms with E-state index in [9.17, 15) is 24.2 Å². The first-order valence-corrected chi connectivity index (χ1v) is 9.17. The maximum absolute atomic E-state index is 15.0. The quantitative estimate of drug-likeness (QED) is 0.519. The zero-order valence-electron chi connectivity index (χ0n) is 15.1. The number of hydrogen-bond acceptors (Lipinski definition) is 6. The van der Waals surface area contributed by atoms with Crippen LogP contribution in [-0.4, -0.2) is 38.8 Å². The van der Waals surface area contributed by atoms with Crippen LogP contribution in [0.5, 0.6) is 0 Å². The van der Waals surface area contributed by atoms with Gasteiger partial charge in [0, 0.05) is 30.6 Å². The van der Waals surface area contributed by atoms with Crippen molar-refractivity contribution in [1.82, 2.24) is 9.24 Å². The molecule has 1 aliphatic heterocycles. The van der Waals surface area contributed by atoms with E-state index in [0.717, 1.165) is 18.9 Å². The summed E-state index contributed by atoms with van der Waals surface area (Å²) in [7, 11) is 0. The Bertz CT molecular complexity index is 1020. The van der Waals surface area contributed by atoms with Crippen LogP contribution in [0.15, 0.2) is 15.7 Å². The van der Waals surface area contributed by atoms with E-state index in [2.05, 4.69) is 0 Å². The number of rotatable bonds is 3. The number of hydrogen-bond donors (Lipinski definition) is 3. The molecule has 27 heavy (non-hydrogen) atoms. The lowest BCUT2D eigenvalue weighted by atomic mass is 9.95. The average molecular weight is 378 g/mol. The van der Waals surface area contributed by atoms with E-state index in [4.69, 9.17) is 5.84 Å². The molecule has 0 unspecified atom stereocenters. The molecular weight excluding hydrogens is 355 g/mol. The van der Waals surface area contributed by atoms with Gasteiger partial charge in [0.2, 0.25) is 0 Å². The molecule has 2 aromatic rings. The Morgan fingerprint density at radius 3 is 2.37 bits per heavy atom. The van der Waals surface area contributed by atoms with Gasteiger partial charge in [-0.05, 0) is 38.7 Å². The Morgan fingerprint density at radius 2 is 1.81 bits per heavy atom. The topological polar surface area (TPSA) is 114 Å². The Hall–Kier alpha value is -2.39. The lowest BCUT2D eigenvalue weighted by Crippen LogP contribution is -2.45. The maximum atomic E-state index is 15.0. The number of nitrogens with two attached hydrogens (primary N) is 1. The highest BCUT2D eigenvalue weighted by molar-refractivity contribution is 5.87. The molecule has 0 spiro atoms. The molecule has 1 aromatic heterocycles. The van der Waals surface area contributed by atoms with Crippen molar-refractivity contribution in [3.63, 3.8) is 0 Å². The number of benzene rings is 1. The summed E-state index contributed by atoms with van der Waals surface area (Å²) in [5.41, 5.74) is 0.0429. The van der Waals surface area contributed by atoms with E-state index < -0.39 is 23.4 Å². The number of aryl methyl sites for hydroxylation is 1. The number of halogens is 1. The van der Waals surface area contributed by atoms with Crippen molar-refractivity contribution in [2.45, 2.75) is 44.9 Å². The molecule has 4 N–H and O–H groups in total. The largest absolute Gasteiger partial charge is 0.369 e. The average Bonchev–Trinajstić information content (AvgIpc) is 3.46. The summed E-state index contributed by atoms with van der Waals surface area (Å²) < 4.78 is 17.0. The molecule has 0 radical (unpaired) electrons. The minimum atomic E-state index is -1.38. The number of piperidine rings is 1. The Morgan fingerprint density at radius 1 is 1.19 bits per heavy atom. The minimum absolute atomic E-state index is 0.0253. The molecule has 9 heteroatoms. The number of nitrogens with zero attached hydrogens (tertiary/aromatic N) is 3. The number of fused-ring (bicyclic) bond motifs is 1. The van der Waals surface area contributed by atoms with E-state index >= 15 is 0 Å². The molecule has 0 atom stereocenters. The first-order chi connectivity index (χ1) is 12.8. The molecule has 0 amide bonds. The van der Waals surface area contributed by atoms with Gasteiger partial charge in [0.15, 0.2) is 6.29 Å². The number of nitrogen functional groups attached to an aromatic ring is 1. The van der Waals surface area contributed by atoms with Crippen LogP contribution in [0.1, 0.15) is 37.3 Å². The van der Waals surface area contributed by atoms with Crippen LogP contribution < -0.4 is 22.0 Å². The fourth-order valence-electron chi connectivity index (χ4n) is 4.14. The van der Waals surface area contributed by atoms with E-state index in [-0.39, 0.29) is 17.3 Å². The SMILES string of the molecule is Cc1c(N2CCC(C(O)O)CC2)c(F)cc2c(=O)n(N)c(=O)n(C3CC3)c12. The number of aliphatic hydroxyl groups excluding tert-OH is 1. The van der Waals surface area contributed by atoms with Crippen molar-refractivity contribution in [3.8, 4) is 0 Å². The smallest absolute Gasteiger partial charge is 0.350 e. The molecule has 8 nitrogen and oxygen atoms in total. The standard InChI is InChI=1S/C18H23FN4O4/c1-9-14-12(16(24)23(20)18(27)22(14)11-2-3-11)8-13(19)15(9)21-6-4-10(5-7-21)17(25)26/h8,10-11,17,25-26H,2-7,20H2,1H3. The summed E-state index contributed by atoms with van der Waals surface area (Å²) in [5.74, 6) is 4.85. The number of aromatic nitrogens is 2. The summed E-state index contributed by atoms with van der Waals surface area (Å²) in [4.78, 5) is 26.9. The fraction of sp³-hybridized carbons (Fsp3) is 0.556. The monoisotopic (exact) mass is 378 g/mol. The summed E-state index contributed by atoms with van der Waals surface area (Å²) in [6, 6.07) is 1.14. The van der Waals surface area contributed by atoms with Gasteiger partial charge >= 0.3 is 5.69 Å². The maximum Gasteiger partial charge on any atom is 0.350 e. The molecule has 2 aliphatic rings. The van der Waals surface area contributed by atoms with Gasteiger partial charge in [-0.15, -0.1) is 0 Å². The Balaban J connectivity index is 1.89. The third kappa shape index (κ3) is 2.81. The van der Waals surface area contributed by atoms with Gasteiger partial charge in [-0.3, -0.25) is 9.36 Å². The molecule has 0 bridgehead atoms. The van der Waals surface area contributed by atoms with Crippen LogP contribution in [0.4, 0.5) is 10.1 Å². The molecule has 1 saturated heterocycles. The van der Waals surface area contributed by atoms with E-state index in [1.165, 1.54) is 4.57 Å². The van der Waals surface area contributed by atoms with Gasteiger partial charge in [-0.1, -0.05) is 0 Å². The fourth-order valence-corrected chi connectivity index (χ4v) is 4.14. The van der Waals surface area contributed by atoms with Crippen molar-refractivity contribution >= 4 is 16.6 Å². The molecule has 2 heterocycles. The van der Waals surface area contributed by atoms with Crippen LogP contribution in [0, 0.1) is 18.7 Å². The van der Waals surface area contributed by atoms with Crippen LogP contribution >= 0.6 is 0 Å². The van der Waals surface area contributed by atoms with Crippen LogP contribution in [0.3, 0.4) is 0 Å². The zero-order valence-corrected chi connectivity index (χ0v) is 15.1. The van der Waals surface area contributed by atoms with Crippen molar-refractivity contribution in [2.75, 3.05) is 23.8 Å². The van der Waals surface area contributed by atoms with Gasteiger partial charge in [-0.25, -0.2) is 9.18 Å². The second-order valence-corrected chi connectivity index (χ2v) is 7.53. The van der Waals surface area contributed by atoms with Gasteiger partial charge in [0.1, 0.15) is 5.82 Å². The molecule has 4 rings (SSSR count). The first kappa shape index (κ1) is 18.0. The van der Waals surface area contributed by atoms with Gasteiger partial charge in [-0.2, -0.15) is 4.68 Å². The lowest BCUT2D eigenvalue weighted by molar-refractivity contribution is -0.0893.